The molecule has 1 aromatic heterocycles. The van der Waals surface area contributed by atoms with Gasteiger partial charge in [-0.1, -0.05) is 36.4 Å². The summed E-state index contributed by atoms with van der Waals surface area (Å²) in [5, 5.41) is 6.95. The fraction of sp³-hybridized carbons (Fsp3) is 0.304. The van der Waals surface area contributed by atoms with E-state index < -0.39 is 0 Å². The largest absolute Gasteiger partial charge is 0.492 e. The van der Waals surface area contributed by atoms with Crippen LogP contribution in [0.1, 0.15) is 12.0 Å². The number of nitrogens with zero attached hydrogens (tertiary/aromatic N) is 4. The van der Waals surface area contributed by atoms with E-state index in [0.717, 1.165) is 6.42 Å². The number of likely N-dealkylation sites (tertiary alicyclic amines) is 1. The molecule has 1 unspecified atom stereocenters. The van der Waals surface area contributed by atoms with Gasteiger partial charge in [-0.25, -0.2) is 9.67 Å². The molecule has 0 spiro atoms. The van der Waals surface area contributed by atoms with Crippen LogP contribution in [0.25, 0.3) is 0 Å². The molecule has 0 saturated carbocycles. The summed E-state index contributed by atoms with van der Waals surface area (Å²) >= 11 is 0. The van der Waals surface area contributed by atoms with E-state index >= 15 is 0 Å². The molecule has 8 nitrogen and oxygen atoms in total. The van der Waals surface area contributed by atoms with Crippen molar-refractivity contribution in [3.05, 3.63) is 72.8 Å². The lowest BCUT2D eigenvalue weighted by Gasteiger charge is -2.16. The van der Waals surface area contributed by atoms with Gasteiger partial charge in [-0.2, -0.15) is 5.10 Å². The lowest BCUT2D eigenvalue weighted by molar-refractivity contribution is -0.128. The van der Waals surface area contributed by atoms with E-state index in [1.54, 1.807) is 22.0 Å². The Hall–Kier alpha value is -3.68. The van der Waals surface area contributed by atoms with Crippen molar-refractivity contribution >= 4 is 17.5 Å². The molecule has 4 rings (SSSR count). The number of ether oxygens (including phenoxy) is 1. The second kappa shape index (κ2) is 9.88. The molecule has 2 aromatic carbocycles. The molecule has 2 heterocycles. The predicted octanol–water partition coefficient (Wildman–Crippen LogP) is 2.39. The molecule has 1 N–H and O–H groups in total. The number of amides is 2. The number of nitrogens with one attached hydrogen (secondary N) is 1. The van der Waals surface area contributed by atoms with E-state index in [1.807, 2.05) is 48.5 Å². The van der Waals surface area contributed by atoms with Crippen molar-refractivity contribution in [3.8, 4) is 5.75 Å². The zero-order chi connectivity index (χ0) is 21.5. The number of aromatic nitrogens is 3. The topological polar surface area (TPSA) is 89.3 Å². The first-order chi connectivity index (χ1) is 15.2. The van der Waals surface area contributed by atoms with Crippen molar-refractivity contribution in [2.24, 2.45) is 5.92 Å². The molecule has 31 heavy (non-hydrogen) atoms. The first-order valence-electron chi connectivity index (χ1n) is 10.4. The highest BCUT2D eigenvalue weighted by Crippen LogP contribution is 2.22. The second-order valence-electron chi connectivity index (χ2n) is 7.50. The Morgan fingerprint density at radius 2 is 2.00 bits per heavy atom. The van der Waals surface area contributed by atoms with E-state index in [9.17, 15) is 9.59 Å². The molecule has 2 amide bonds. The van der Waals surface area contributed by atoms with E-state index in [-0.39, 0.29) is 24.2 Å². The van der Waals surface area contributed by atoms with Crippen molar-refractivity contribution in [1.29, 1.82) is 0 Å². The highest BCUT2D eigenvalue weighted by molar-refractivity contribution is 5.97. The molecule has 0 bridgehead atoms. The van der Waals surface area contributed by atoms with Crippen LogP contribution in [0.4, 0.5) is 5.69 Å². The van der Waals surface area contributed by atoms with Crippen LogP contribution in [0.5, 0.6) is 5.75 Å². The third kappa shape index (κ3) is 5.69. The molecular weight excluding hydrogens is 394 g/mol. The Balaban J connectivity index is 1.26. The first kappa shape index (κ1) is 20.6. The number of rotatable bonds is 9. The van der Waals surface area contributed by atoms with Crippen LogP contribution in [0.15, 0.2) is 67.3 Å². The number of carbonyl (C=O) groups is 2. The van der Waals surface area contributed by atoms with Crippen LogP contribution < -0.4 is 10.1 Å². The molecule has 0 aliphatic carbocycles. The molecular formula is C23H25N5O3. The van der Waals surface area contributed by atoms with Gasteiger partial charge in [-0.3, -0.25) is 9.59 Å². The fourth-order valence-electron chi connectivity index (χ4n) is 3.59. The summed E-state index contributed by atoms with van der Waals surface area (Å²) in [7, 11) is 0. The molecule has 1 aliphatic heterocycles. The smallest absolute Gasteiger partial charge is 0.229 e. The quantitative estimate of drug-likeness (QED) is 0.575. The van der Waals surface area contributed by atoms with Gasteiger partial charge in [0.1, 0.15) is 25.0 Å². The maximum Gasteiger partial charge on any atom is 0.229 e. The van der Waals surface area contributed by atoms with Crippen molar-refractivity contribution in [2.45, 2.75) is 19.4 Å². The number of hydrogen-bond acceptors (Lipinski definition) is 5. The second-order valence-corrected chi connectivity index (χ2v) is 7.50. The summed E-state index contributed by atoms with van der Waals surface area (Å²) < 4.78 is 7.42. The summed E-state index contributed by atoms with van der Waals surface area (Å²) in [6.45, 7) is 2.10. The SMILES string of the molecule is O=C(Nc1cccc(OCCn2cncn2)c1)C1CC(=O)N(CCc2ccccc2)C1. The minimum atomic E-state index is -0.347. The van der Waals surface area contributed by atoms with E-state index in [2.05, 4.69) is 15.4 Å². The van der Waals surface area contributed by atoms with Crippen LogP contribution in [-0.4, -0.2) is 51.2 Å². The van der Waals surface area contributed by atoms with Crippen molar-refractivity contribution in [1.82, 2.24) is 19.7 Å². The molecule has 1 atom stereocenters. The Morgan fingerprint density at radius 3 is 2.81 bits per heavy atom. The van der Waals surface area contributed by atoms with Gasteiger partial charge < -0.3 is 15.0 Å². The van der Waals surface area contributed by atoms with E-state index in [1.165, 1.54) is 11.9 Å². The van der Waals surface area contributed by atoms with Crippen molar-refractivity contribution in [3.63, 3.8) is 0 Å². The summed E-state index contributed by atoms with van der Waals surface area (Å²) in [5.74, 6) is 0.196. The molecule has 1 aliphatic rings. The van der Waals surface area contributed by atoms with E-state index in [4.69, 9.17) is 4.74 Å². The maximum atomic E-state index is 12.7. The Labute approximate surface area is 180 Å². The summed E-state index contributed by atoms with van der Waals surface area (Å²) in [6.07, 6.45) is 4.14. The average molecular weight is 419 g/mol. The normalized spacial score (nSPS) is 15.8. The predicted molar refractivity (Wildman–Crippen MR) is 115 cm³/mol. The molecule has 0 radical (unpaired) electrons. The van der Waals surface area contributed by atoms with Crippen LogP contribution in [0, 0.1) is 5.92 Å². The monoisotopic (exact) mass is 419 g/mol. The first-order valence-corrected chi connectivity index (χ1v) is 10.4. The van der Waals surface area contributed by atoms with Crippen LogP contribution in [0.3, 0.4) is 0 Å². The van der Waals surface area contributed by atoms with Gasteiger partial charge in [0.15, 0.2) is 0 Å². The molecule has 1 saturated heterocycles. The number of anilines is 1. The van der Waals surface area contributed by atoms with Gasteiger partial charge in [0.25, 0.3) is 0 Å². The number of carbonyl (C=O) groups excluding carboxylic acids is 2. The fourth-order valence-corrected chi connectivity index (χ4v) is 3.59. The maximum absolute atomic E-state index is 12.7. The minimum Gasteiger partial charge on any atom is -0.492 e. The van der Waals surface area contributed by atoms with Crippen molar-refractivity contribution < 1.29 is 14.3 Å². The zero-order valence-corrected chi connectivity index (χ0v) is 17.2. The summed E-state index contributed by atoms with van der Waals surface area (Å²) in [5.41, 5.74) is 1.84. The summed E-state index contributed by atoms with van der Waals surface area (Å²) in [6, 6.07) is 17.3. The lowest BCUT2D eigenvalue weighted by Crippen LogP contribution is -2.30. The minimum absolute atomic E-state index is 0.0290. The van der Waals surface area contributed by atoms with Gasteiger partial charge in [0, 0.05) is 31.3 Å². The number of hydrogen-bond donors (Lipinski definition) is 1. The molecule has 8 heteroatoms. The van der Waals surface area contributed by atoms with Crippen molar-refractivity contribution in [2.75, 3.05) is 25.0 Å². The zero-order valence-electron chi connectivity index (χ0n) is 17.2. The third-order valence-electron chi connectivity index (χ3n) is 5.26. The Bertz CT molecular complexity index is 1010. The molecule has 3 aromatic rings. The average Bonchev–Trinajstić information content (AvgIpc) is 3.43. The van der Waals surface area contributed by atoms with Gasteiger partial charge in [0.2, 0.25) is 11.8 Å². The highest BCUT2D eigenvalue weighted by atomic mass is 16.5. The van der Waals surface area contributed by atoms with Gasteiger partial charge in [-0.05, 0) is 24.1 Å². The standard InChI is InChI=1S/C23H25N5O3/c29-22-13-19(15-27(22)10-9-18-5-2-1-3-6-18)23(30)26-20-7-4-8-21(14-20)31-12-11-28-17-24-16-25-28/h1-8,14,16-17,19H,9-13,15H2,(H,26,30). The number of benzene rings is 2. The van der Waals surface area contributed by atoms with Crippen LogP contribution in [-0.2, 0) is 22.6 Å². The molecule has 1 fully saturated rings. The van der Waals surface area contributed by atoms with E-state index in [0.29, 0.717) is 37.7 Å². The Morgan fingerprint density at radius 1 is 1.13 bits per heavy atom. The van der Waals surface area contributed by atoms with Gasteiger partial charge >= 0.3 is 0 Å². The van der Waals surface area contributed by atoms with Crippen LogP contribution >= 0.6 is 0 Å². The third-order valence-corrected chi connectivity index (χ3v) is 5.26. The summed E-state index contributed by atoms with van der Waals surface area (Å²) in [4.78, 5) is 30.7. The van der Waals surface area contributed by atoms with Gasteiger partial charge in [0.05, 0.1) is 12.5 Å². The Kier molecular flexibility index (Phi) is 6.56. The lowest BCUT2D eigenvalue weighted by atomic mass is 10.1. The van der Waals surface area contributed by atoms with Gasteiger partial charge in [-0.15, -0.1) is 0 Å². The highest BCUT2D eigenvalue weighted by Gasteiger charge is 2.34. The molecule has 160 valence electrons. The van der Waals surface area contributed by atoms with Crippen LogP contribution in [0.2, 0.25) is 0 Å².